The number of aliphatic carboxylic acids is 1. The van der Waals surface area contributed by atoms with E-state index < -0.39 is 40.9 Å². The number of amides is 2. The summed E-state index contributed by atoms with van der Waals surface area (Å²) >= 11 is 0. The summed E-state index contributed by atoms with van der Waals surface area (Å²) in [4.78, 5) is 42.2. The third kappa shape index (κ3) is 5.14. The van der Waals surface area contributed by atoms with Gasteiger partial charge in [0.25, 0.3) is 0 Å². The van der Waals surface area contributed by atoms with E-state index in [9.17, 15) is 19.5 Å². The molecule has 2 aromatic rings. The van der Waals surface area contributed by atoms with Crippen LogP contribution in [0.2, 0.25) is 0 Å². The lowest BCUT2D eigenvalue weighted by Crippen LogP contribution is -2.78. The van der Waals surface area contributed by atoms with E-state index in [1.807, 2.05) is 50.2 Å². The molecule has 1 aliphatic carbocycles. The molecule has 1 unspecified atom stereocenters. The fraction of sp³-hybridized carbons (Fsp3) is 0.516. The van der Waals surface area contributed by atoms with Crippen molar-refractivity contribution in [1.82, 2.24) is 9.80 Å². The van der Waals surface area contributed by atoms with Gasteiger partial charge in [0.15, 0.2) is 5.54 Å². The molecular weight excluding hydrogens is 512 g/mol. The van der Waals surface area contributed by atoms with Crippen LogP contribution in [0.3, 0.4) is 0 Å². The SMILES string of the molecule is CC(C)(C)OC(=O)N1CC(C(=O)O)(N(C(=O)OCC2c3ccccc3-c3ccccc32)C2CCOC(C)(C)C2)C1. The van der Waals surface area contributed by atoms with Gasteiger partial charge in [-0.15, -0.1) is 0 Å². The van der Waals surface area contributed by atoms with Crippen molar-refractivity contribution in [1.29, 1.82) is 0 Å². The Morgan fingerprint density at radius 1 is 1.02 bits per heavy atom. The quantitative estimate of drug-likeness (QED) is 0.541. The summed E-state index contributed by atoms with van der Waals surface area (Å²) in [7, 11) is 0. The van der Waals surface area contributed by atoms with Gasteiger partial charge in [-0.2, -0.15) is 0 Å². The normalized spacial score (nSPS) is 21.0. The van der Waals surface area contributed by atoms with Gasteiger partial charge in [0.05, 0.1) is 18.7 Å². The molecule has 214 valence electrons. The molecule has 5 rings (SSSR count). The van der Waals surface area contributed by atoms with Crippen molar-refractivity contribution in [3.63, 3.8) is 0 Å². The van der Waals surface area contributed by atoms with Crippen molar-refractivity contribution in [2.45, 2.75) is 76.2 Å². The molecule has 0 radical (unpaired) electrons. The maximum Gasteiger partial charge on any atom is 0.411 e. The van der Waals surface area contributed by atoms with Crippen molar-refractivity contribution < 1.29 is 33.7 Å². The minimum absolute atomic E-state index is 0.0709. The van der Waals surface area contributed by atoms with Gasteiger partial charge in [-0.05, 0) is 69.7 Å². The monoisotopic (exact) mass is 550 g/mol. The number of benzene rings is 2. The maximum atomic E-state index is 13.9. The fourth-order valence-electron chi connectivity index (χ4n) is 6.19. The maximum absolute atomic E-state index is 13.9. The number of carboxylic acids is 1. The second-order valence-corrected chi connectivity index (χ2v) is 12.6. The van der Waals surface area contributed by atoms with Crippen LogP contribution in [-0.4, -0.2) is 82.1 Å². The predicted octanol–water partition coefficient (Wildman–Crippen LogP) is 5.27. The summed E-state index contributed by atoms with van der Waals surface area (Å²) in [5, 5.41) is 10.5. The lowest BCUT2D eigenvalue weighted by atomic mass is 9.83. The zero-order valence-electron chi connectivity index (χ0n) is 23.8. The average molecular weight is 551 g/mol. The molecule has 0 spiro atoms. The molecule has 2 heterocycles. The average Bonchev–Trinajstić information content (AvgIpc) is 3.16. The number of carboxylic acid groups (broad SMARTS) is 1. The third-order valence-corrected chi connectivity index (χ3v) is 7.98. The number of carbonyl (C=O) groups is 3. The highest BCUT2D eigenvalue weighted by Gasteiger charge is 2.61. The van der Waals surface area contributed by atoms with Gasteiger partial charge >= 0.3 is 18.2 Å². The highest BCUT2D eigenvalue weighted by Crippen LogP contribution is 2.45. The minimum atomic E-state index is -1.63. The number of fused-ring (bicyclic) bond motifs is 3. The number of carbonyl (C=O) groups excluding carboxylic acids is 2. The van der Waals surface area contributed by atoms with Gasteiger partial charge < -0.3 is 24.2 Å². The number of nitrogens with zero attached hydrogens (tertiary/aromatic N) is 2. The van der Waals surface area contributed by atoms with Crippen molar-refractivity contribution in [3.05, 3.63) is 59.7 Å². The number of ether oxygens (including phenoxy) is 3. The van der Waals surface area contributed by atoms with E-state index in [-0.39, 0.29) is 25.6 Å². The molecule has 1 atom stereocenters. The predicted molar refractivity (Wildman–Crippen MR) is 148 cm³/mol. The van der Waals surface area contributed by atoms with Gasteiger partial charge in [0.1, 0.15) is 12.2 Å². The lowest BCUT2D eigenvalue weighted by molar-refractivity contribution is -0.171. The summed E-state index contributed by atoms with van der Waals surface area (Å²) in [6.45, 7) is 9.20. The molecule has 9 nitrogen and oxygen atoms in total. The topological polar surface area (TPSA) is 106 Å². The van der Waals surface area contributed by atoms with E-state index in [2.05, 4.69) is 12.1 Å². The summed E-state index contributed by atoms with van der Waals surface area (Å²) in [6, 6.07) is 15.7. The van der Waals surface area contributed by atoms with E-state index in [1.54, 1.807) is 20.8 Å². The van der Waals surface area contributed by atoms with Crippen LogP contribution in [0.15, 0.2) is 48.5 Å². The Morgan fingerprint density at radius 3 is 2.12 bits per heavy atom. The molecule has 0 bridgehead atoms. The fourth-order valence-corrected chi connectivity index (χ4v) is 6.19. The van der Waals surface area contributed by atoms with E-state index in [0.717, 1.165) is 22.3 Å². The Hall–Kier alpha value is -3.59. The van der Waals surface area contributed by atoms with Crippen LogP contribution in [0.1, 0.15) is 64.5 Å². The van der Waals surface area contributed by atoms with Crippen LogP contribution >= 0.6 is 0 Å². The number of rotatable bonds is 5. The standard InChI is InChI=1S/C31H38N2O7/c1-29(2,3)40-27(36)32-18-31(19-32,26(34)35)33(20-14-15-39-30(4,5)16-20)28(37)38-17-25-23-12-8-6-10-21(23)22-11-7-9-13-24(22)25/h6-13,20,25H,14-19H2,1-5H3,(H,34,35). The Morgan fingerprint density at radius 2 is 1.60 bits per heavy atom. The van der Waals surface area contributed by atoms with Crippen molar-refractivity contribution >= 4 is 18.2 Å². The summed E-state index contributed by atoms with van der Waals surface area (Å²) in [5.41, 5.74) is 1.46. The molecule has 0 saturated carbocycles. The van der Waals surface area contributed by atoms with Crippen molar-refractivity contribution in [2.24, 2.45) is 0 Å². The van der Waals surface area contributed by atoms with Crippen LogP contribution < -0.4 is 0 Å². The van der Waals surface area contributed by atoms with Gasteiger partial charge in [-0.1, -0.05) is 48.5 Å². The smallest absolute Gasteiger partial charge is 0.411 e. The molecule has 2 saturated heterocycles. The number of hydrogen-bond acceptors (Lipinski definition) is 6. The highest BCUT2D eigenvalue weighted by atomic mass is 16.6. The van der Waals surface area contributed by atoms with Gasteiger partial charge in [0.2, 0.25) is 0 Å². The molecular formula is C31H38N2O7. The minimum Gasteiger partial charge on any atom is -0.479 e. The first kappa shape index (κ1) is 28.0. The van der Waals surface area contributed by atoms with Gasteiger partial charge in [0, 0.05) is 18.6 Å². The Kier molecular flexibility index (Phi) is 7.06. The molecule has 9 heteroatoms. The van der Waals surface area contributed by atoms with Crippen LogP contribution in [-0.2, 0) is 19.0 Å². The molecule has 2 aromatic carbocycles. The van der Waals surface area contributed by atoms with Crippen LogP contribution in [0.5, 0.6) is 0 Å². The molecule has 2 amide bonds. The van der Waals surface area contributed by atoms with Gasteiger partial charge in [-0.25, -0.2) is 14.4 Å². The molecule has 40 heavy (non-hydrogen) atoms. The summed E-state index contributed by atoms with van der Waals surface area (Å²) in [5.74, 6) is -1.34. The first-order valence-electron chi connectivity index (χ1n) is 13.8. The molecule has 1 N–H and O–H groups in total. The molecule has 3 aliphatic rings. The zero-order valence-corrected chi connectivity index (χ0v) is 23.8. The molecule has 2 aliphatic heterocycles. The molecule has 0 aromatic heterocycles. The molecule has 2 fully saturated rings. The van der Waals surface area contributed by atoms with Crippen LogP contribution in [0, 0.1) is 0 Å². The zero-order chi connectivity index (χ0) is 28.9. The highest BCUT2D eigenvalue weighted by molar-refractivity contribution is 5.89. The largest absolute Gasteiger partial charge is 0.479 e. The van der Waals surface area contributed by atoms with E-state index in [4.69, 9.17) is 14.2 Å². The van der Waals surface area contributed by atoms with Crippen LogP contribution in [0.4, 0.5) is 9.59 Å². The second kappa shape index (κ2) is 10.1. The number of likely N-dealkylation sites (tertiary alicyclic amines) is 1. The van der Waals surface area contributed by atoms with Gasteiger partial charge in [-0.3, -0.25) is 4.90 Å². The van der Waals surface area contributed by atoms with E-state index in [1.165, 1.54) is 9.80 Å². The number of hydrogen-bond donors (Lipinski definition) is 1. The summed E-state index contributed by atoms with van der Waals surface area (Å²) in [6.07, 6.45) is -0.395. The Bertz CT molecular complexity index is 1260. The van der Waals surface area contributed by atoms with E-state index >= 15 is 0 Å². The summed E-state index contributed by atoms with van der Waals surface area (Å²) < 4.78 is 17.3. The Labute approximate surface area is 235 Å². The van der Waals surface area contributed by atoms with Crippen molar-refractivity contribution in [3.8, 4) is 11.1 Å². The first-order valence-corrected chi connectivity index (χ1v) is 13.8. The second-order valence-electron chi connectivity index (χ2n) is 12.6. The third-order valence-electron chi connectivity index (χ3n) is 7.98. The first-order chi connectivity index (χ1) is 18.8. The van der Waals surface area contributed by atoms with Crippen molar-refractivity contribution in [2.75, 3.05) is 26.3 Å². The van der Waals surface area contributed by atoms with Crippen LogP contribution in [0.25, 0.3) is 11.1 Å². The lowest BCUT2D eigenvalue weighted by Gasteiger charge is -2.55. The van der Waals surface area contributed by atoms with E-state index in [0.29, 0.717) is 19.4 Å². The Balaban J connectivity index is 1.41.